The van der Waals surface area contributed by atoms with Gasteiger partial charge in [-0.15, -0.1) is 0 Å². The summed E-state index contributed by atoms with van der Waals surface area (Å²) in [5, 5.41) is 5.68. The number of carbonyl (C=O) groups is 2. The maximum atomic E-state index is 12.6. The second-order valence-corrected chi connectivity index (χ2v) is 6.60. The Balaban J connectivity index is 1.70. The fourth-order valence-electron chi connectivity index (χ4n) is 3.26. The van der Waals surface area contributed by atoms with E-state index in [0.29, 0.717) is 25.2 Å². The third kappa shape index (κ3) is 4.74. The van der Waals surface area contributed by atoms with Crippen LogP contribution in [0.1, 0.15) is 53.2 Å². The molecule has 0 saturated heterocycles. The van der Waals surface area contributed by atoms with Crippen LogP contribution in [0.3, 0.4) is 0 Å². The molecule has 0 saturated carbocycles. The minimum Gasteiger partial charge on any atom is -0.383 e. The molecule has 144 valence electrons. The molecule has 0 spiro atoms. The number of fused-ring (bicyclic) bond motifs is 1. The van der Waals surface area contributed by atoms with Gasteiger partial charge in [0.2, 0.25) is 5.82 Å². The van der Waals surface area contributed by atoms with Crippen LogP contribution in [0.25, 0.3) is 5.52 Å². The Bertz CT molecular complexity index is 841. The van der Waals surface area contributed by atoms with E-state index < -0.39 is 0 Å². The largest absolute Gasteiger partial charge is 0.383 e. The molecule has 0 atom stereocenters. The standard InChI is InChI=1S/C20H26N4O3/c1-27-14-12-22-20(26)18-23-17(16-9-5-6-13-24(16)18)19(25)21-11-10-15-7-3-2-4-8-15/h5-7,9,13H,2-4,8,10-12,14H2,1H3,(H,21,25)(H,22,26). The van der Waals surface area contributed by atoms with E-state index in [1.165, 1.54) is 18.4 Å². The molecule has 3 rings (SSSR count). The van der Waals surface area contributed by atoms with Crippen LogP contribution in [-0.2, 0) is 4.74 Å². The monoisotopic (exact) mass is 370 g/mol. The van der Waals surface area contributed by atoms with Gasteiger partial charge in [-0.3, -0.25) is 14.0 Å². The number of nitrogens with zero attached hydrogens (tertiary/aromatic N) is 2. The van der Waals surface area contributed by atoms with Crippen molar-refractivity contribution in [3.05, 3.63) is 47.6 Å². The highest BCUT2D eigenvalue weighted by molar-refractivity contribution is 6.02. The lowest BCUT2D eigenvalue weighted by molar-refractivity contribution is 0.0926. The number of allylic oxidation sites excluding steroid dienone is 1. The zero-order valence-corrected chi connectivity index (χ0v) is 15.7. The molecule has 7 heteroatoms. The molecule has 0 aromatic carbocycles. The van der Waals surface area contributed by atoms with Crippen LogP contribution in [-0.4, -0.2) is 48.0 Å². The van der Waals surface area contributed by atoms with Crippen molar-refractivity contribution in [2.45, 2.75) is 32.1 Å². The minimum absolute atomic E-state index is 0.196. The van der Waals surface area contributed by atoms with Gasteiger partial charge in [-0.05, 0) is 44.2 Å². The third-order valence-electron chi connectivity index (χ3n) is 4.68. The number of pyridine rings is 1. The molecule has 2 amide bonds. The molecule has 0 aliphatic heterocycles. The van der Waals surface area contributed by atoms with Crippen molar-refractivity contribution in [2.24, 2.45) is 0 Å². The maximum absolute atomic E-state index is 12.6. The number of ether oxygens (including phenoxy) is 1. The van der Waals surface area contributed by atoms with E-state index >= 15 is 0 Å². The number of rotatable bonds is 8. The van der Waals surface area contributed by atoms with Crippen molar-refractivity contribution >= 4 is 17.3 Å². The molecule has 2 aromatic heterocycles. The SMILES string of the molecule is COCCNC(=O)c1nc(C(=O)NCCC2=CCCCC2)c2ccccn12. The Morgan fingerprint density at radius 3 is 2.81 bits per heavy atom. The van der Waals surface area contributed by atoms with Crippen molar-refractivity contribution in [2.75, 3.05) is 26.8 Å². The van der Waals surface area contributed by atoms with Gasteiger partial charge in [-0.25, -0.2) is 4.98 Å². The van der Waals surface area contributed by atoms with Gasteiger partial charge in [-0.1, -0.05) is 17.7 Å². The molecule has 0 radical (unpaired) electrons. The van der Waals surface area contributed by atoms with Gasteiger partial charge in [0.05, 0.1) is 12.1 Å². The Morgan fingerprint density at radius 2 is 2.04 bits per heavy atom. The van der Waals surface area contributed by atoms with E-state index in [1.54, 1.807) is 29.8 Å². The first-order chi connectivity index (χ1) is 13.2. The zero-order chi connectivity index (χ0) is 19.1. The molecular weight excluding hydrogens is 344 g/mol. The van der Waals surface area contributed by atoms with Gasteiger partial charge in [0.15, 0.2) is 5.69 Å². The lowest BCUT2D eigenvalue weighted by Crippen LogP contribution is -2.29. The fourth-order valence-corrected chi connectivity index (χ4v) is 3.26. The molecule has 2 N–H and O–H groups in total. The van der Waals surface area contributed by atoms with Crippen molar-refractivity contribution in [1.82, 2.24) is 20.0 Å². The van der Waals surface area contributed by atoms with Gasteiger partial charge >= 0.3 is 0 Å². The maximum Gasteiger partial charge on any atom is 0.287 e. The van der Waals surface area contributed by atoms with Gasteiger partial charge in [0.25, 0.3) is 11.8 Å². The van der Waals surface area contributed by atoms with Crippen LogP contribution < -0.4 is 10.6 Å². The summed E-state index contributed by atoms with van der Waals surface area (Å²) in [6, 6.07) is 5.42. The lowest BCUT2D eigenvalue weighted by Gasteiger charge is -2.12. The number of methoxy groups -OCH3 is 1. The number of aromatic nitrogens is 2. The first-order valence-corrected chi connectivity index (χ1v) is 9.41. The predicted molar refractivity (Wildman–Crippen MR) is 103 cm³/mol. The van der Waals surface area contributed by atoms with Gasteiger partial charge < -0.3 is 15.4 Å². The van der Waals surface area contributed by atoms with Gasteiger partial charge in [0.1, 0.15) is 0 Å². The van der Waals surface area contributed by atoms with Crippen LogP contribution in [0.15, 0.2) is 36.0 Å². The molecular formula is C20H26N4O3. The molecule has 0 fully saturated rings. The molecule has 0 unspecified atom stereocenters. The average molecular weight is 370 g/mol. The molecule has 1 aliphatic rings. The van der Waals surface area contributed by atoms with Gasteiger partial charge in [-0.2, -0.15) is 0 Å². The second kappa shape index (κ2) is 9.32. The predicted octanol–water partition coefficient (Wildman–Crippen LogP) is 2.33. The summed E-state index contributed by atoms with van der Waals surface area (Å²) in [4.78, 5) is 29.4. The van der Waals surface area contributed by atoms with E-state index in [4.69, 9.17) is 4.74 Å². The topological polar surface area (TPSA) is 84.7 Å². The van der Waals surface area contributed by atoms with Crippen molar-refractivity contribution in [1.29, 1.82) is 0 Å². The average Bonchev–Trinajstić information content (AvgIpc) is 3.09. The van der Waals surface area contributed by atoms with Gasteiger partial charge in [0, 0.05) is 26.4 Å². The van der Waals surface area contributed by atoms with Crippen LogP contribution in [0.2, 0.25) is 0 Å². The van der Waals surface area contributed by atoms with Crippen molar-refractivity contribution in [3.8, 4) is 0 Å². The first-order valence-electron chi connectivity index (χ1n) is 9.41. The van der Waals surface area contributed by atoms with E-state index in [2.05, 4.69) is 21.7 Å². The third-order valence-corrected chi connectivity index (χ3v) is 4.68. The highest BCUT2D eigenvalue weighted by Gasteiger charge is 2.21. The molecule has 7 nitrogen and oxygen atoms in total. The Morgan fingerprint density at radius 1 is 1.19 bits per heavy atom. The number of carbonyl (C=O) groups excluding carboxylic acids is 2. The summed E-state index contributed by atoms with van der Waals surface area (Å²) in [7, 11) is 1.57. The number of amides is 2. The number of imidazole rings is 1. The zero-order valence-electron chi connectivity index (χ0n) is 15.7. The van der Waals surface area contributed by atoms with E-state index in [0.717, 1.165) is 19.3 Å². The summed E-state index contributed by atoms with van der Waals surface area (Å²) in [5.74, 6) is -0.396. The summed E-state index contributed by atoms with van der Waals surface area (Å²) in [5.41, 5.74) is 2.29. The van der Waals surface area contributed by atoms with Crippen LogP contribution in [0.4, 0.5) is 0 Å². The quantitative estimate of drug-likeness (QED) is 0.552. The highest BCUT2D eigenvalue weighted by Crippen LogP contribution is 2.19. The highest BCUT2D eigenvalue weighted by atomic mass is 16.5. The van der Waals surface area contributed by atoms with Crippen molar-refractivity contribution in [3.63, 3.8) is 0 Å². The number of hydrogen-bond donors (Lipinski definition) is 2. The molecule has 27 heavy (non-hydrogen) atoms. The van der Waals surface area contributed by atoms with E-state index in [9.17, 15) is 9.59 Å². The Kier molecular flexibility index (Phi) is 6.59. The lowest BCUT2D eigenvalue weighted by atomic mass is 9.97. The summed E-state index contributed by atoms with van der Waals surface area (Å²) < 4.78 is 6.58. The van der Waals surface area contributed by atoms with E-state index in [1.807, 2.05) is 6.07 Å². The smallest absolute Gasteiger partial charge is 0.287 e. The second-order valence-electron chi connectivity index (χ2n) is 6.60. The van der Waals surface area contributed by atoms with Crippen molar-refractivity contribution < 1.29 is 14.3 Å². The molecule has 0 bridgehead atoms. The molecule has 2 heterocycles. The number of hydrogen-bond acceptors (Lipinski definition) is 4. The van der Waals surface area contributed by atoms with Crippen LogP contribution in [0, 0.1) is 0 Å². The summed E-state index contributed by atoms with van der Waals surface area (Å²) in [6.07, 6.45) is 9.62. The Hall–Kier alpha value is -2.67. The summed E-state index contributed by atoms with van der Waals surface area (Å²) >= 11 is 0. The summed E-state index contributed by atoms with van der Waals surface area (Å²) in [6.45, 7) is 1.37. The first kappa shape index (κ1) is 19.1. The number of nitrogens with one attached hydrogen (secondary N) is 2. The van der Waals surface area contributed by atoms with Crippen LogP contribution in [0.5, 0.6) is 0 Å². The normalized spacial score (nSPS) is 14.0. The Labute approximate surface area is 158 Å². The van der Waals surface area contributed by atoms with Crippen LogP contribution >= 0.6 is 0 Å². The molecule has 1 aliphatic carbocycles. The minimum atomic E-state index is -0.334. The fraction of sp³-hybridized carbons (Fsp3) is 0.450. The molecule has 2 aromatic rings. The van der Waals surface area contributed by atoms with E-state index in [-0.39, 0.29) is 23.3 Å².